The predicted octanol–water partition coefficient (Wildman–Crippen LogP) is 3.82. The SMILES string of the molecule is O=C(NCCc1c[nH]c2ccc(O)cc12)c1ccc(SF)cc1. The van der Waals surface area contributed by atoms with Gasteiger partial charge >= 0.3 is 0 Å². The molecule has 2 aromatic carbocycles. The Kier molecular flexibility index (Phi) is 4.52. The first-order chi connectivity index (χ1) is 11.2. The van der Waals surface area contributed by atoms with Crippen LogP contribution in [0.25, 0.3) is 10.9 Å². The minimum atomic E-state index is -0.192. The number of H-pyrrole nitrogens is 1. The molecule has 0 atom stereocenters. The van der Waals surface area contributed by atoms with E-state index in [1.165, 1.54) is 0 Å². The molecule has 0 fully saturated rings. The summed E-state index contributed by atoms with van der Waals surface area (Å²) in [6.07, 6.45) is 2.52. The number of rotatable bonds is 5. The molecule has 0 radical (unpaired) electrons. The predicted molar refractivity (Wildman–Crippen MR) is 89.4 cm³/mol. The lowest BCUT2D eigenvalue weighted by molar-refractivity contribution is 0.0954. The maximum atomic E-state index is 12.4. The molecule has 0 unspecified atom stereocenters. The second kappa shape index (κ2) is 6.75. The molecular weight excluding hydrogens is 315 g/mol. The fraction of sp³-hybridized carbons (Fsp3) is 0.118. The second-order valence-electron chi connectivity index (χ2n) is 5.15. The third-order valence-corrected chi connectivity index (χ3v) is 4.09. The Labute approximate surface area is 137 Å². The molecule has 6 heteroatoms. The van der Waals surface area contributed by atoms with Gasteiger partial charge in [-0.25, -0.2) is 0 Å². The van der Waals surface area contributed by atoms with E-state index >= 15 is 0 Å². The highest BCUT2D eigenvalue weighted by molar-refractivity contribution is 7.94. The number of carbonyl (C=O) groups excluding carboxylic acids is 1. The summed E-state index contributed by atoms with van der Waals surface area (Å²) in [5.74, 6) is 0.0244. The number of aromatic hydroxyl groups is 1. The molecule has 0 spiro atoms. The van der Waals surface area contributed by atoms with Crippen LogP contribution in [-0.4, -0.2) is 22.5 Å². The van der Waals surface area contributed by atoms with E-state index in [1.807, 2.05) is 12.3 Å². The van der Waals surface area contributed by atoms with Gasteiger partial charge in [0.25, 0.3) is 5.91 Å². The van der Waals surface area contributed by atoms with Gasteiger partial charge < -0.3 is 15.4 Å². The molecule has 0 bridgehead atoms. The number of aromatic amines is 1. The first-order valence-electron chi connectivity index (χ1n) is 7.13. The van der Waals surface area contributed by atoms with Crippen LogP contribution in [0.5, 0.6) is 5.75 Å². The van der Waals surface area contributed by atoms with E-state index in [0.29, 0.717) is 23.4 Å². The Morgan fingerprint density at radius 1 is 1.22 bits per heavy atom. The van der Waals surface area contributed by atoms with Crippen LogP contribution in [0.2, 0.25) is 0 Å². The second-order valence-corrected chi connectivity index (χ2v) is 5.78. The van der Waals surface area contributed by atoms with E-state index in [9.17, 15) is 13.8 Å². The number of hydrogen-bond donors (Lipinski definition) is 3. The van der Waals surface area contributed by atoms with Crippen molar-refractivity contribution in [3.63, 3.8) is 0 Å². The first-order valence-corrected chi connectivity index (χ1v) is 7.85. The number of nitrogens with one attached hydrogen (secondary N) is 2. The summed E-state index contributed by atoms with van der Waals surface area (Å²) in [4.78, 5) is 15.6. The van der Waals surface area contributed by atoms with Gasteiger partial charge in [-0.2, -0.15) is 3.89 Å². The van der Waals surface area contributed by atoms with Crippen LogP contribution in [0, 0.1) is 0 Å². The summed E-state index contributed by atoms with van der Waals surface area (Å²) >= 11 is 0.152. The monoisotopic (exact) mass is 330 g/mol. The third-order valence-electron chi connectivity index (χ3n) is 3.64. The molecule has 0 aliphatic heterocycles. The highest BCUT2D eigenvalue weighted by Gasteiger charge is 2.07. The van der Waals surface area contributed by atoms with Crippen molar-refractivity contribution >= 4 is 29.0 Å². The van der Waals surface area contributed by atoms with Crippen LogP contribution >= 0.6 is 12.1 Å². The largest absolute Gasteiger partial charge is 0.508 e. The van der Waals surface area contributed by atoms with Crippen molar-refractivity contribution < 1.29 is 13.8 Å². The van der Waals surface area contributed by atoms with E-state index < -0.39 is 0 Å². The number of benzene rings is 2. The van der Waals surface area contributed by atoms with Gasteiger partial charge in [0, 0.05) is 34.1 Å². The number of fused-ring (bicyclic) bond motifs is 1. The van der Waals surface area contributed by atoms with Crippen LogP contribution in [-0.2, 0) is 6.42 Å². The Morgan fingerprint density at radius 2 is 2.00 bits per heavy atom. The zero-order valence-corrected chi connectivity index (χ0v) is 13.0. The Balaban J connectivity index is 1.61. The highest BCUT2D eigenvalue weighted by atomic mass is 32.2. The minimum Gasteiger partial charge on any atom is -0.508 e. The summed E-state index contributed by atoms with van der Waals surface area (Å²) in [5, 5.41) is 13.4. The van der Waals surface area contributed by atoms with Gasteiger partial charge in [-0.05, 0) is 54.4 Å². The number of hydrogen-bond acceptors (Lipinski definition) is 3. The van der Waals surface area contributed by atoms with Crippen molar-refractivity contribution in [3.8, 4) is 5.75 Å². The number of phenols is 1. The first kappa shape index (κ1) is 15.4. The normalized spacial score (nSPS) is 10.8. The maximum Gasteiger partial charge on any atom is 0.251 e. The van der Waals surface area contributed by atoms with Gasteiger partial charge in [0.05, 0.1) is 12.1 Å². The molecule has 23 heavy (non-hydrogen) atoms. The number of amides is 1. The fourth-order valence-corrected chi connectivity index (χ4v) is 2.68. The van der Waals surface area contributed by atoms with Crippen LogP contribution in [0.15, 0.2) is 53.6 Å². The van der Waals surface area contributed by atoms with Gasteiger partial charge in [0.2, 0.25) is 0 Å². The summed E-state index contributed by atoms with van der Waals surface area (Å²) in [7, 11) is 0. The molecule has 118 valence electrons. The Hall–Kier alpha value is -2.47. The van der Waals surface area contributed by atoms with Gasteiger partial charge in [0.15, 0.2) is 0 Å². The van der Waals surface area contributed by atoms with Crippen LogP contribution < -0.4 is 5.32 Å². The molecule has 0 aliphatic rings. The van der Waals surface area contributed by atoms with Crippen LogP contribution in [0.3, 0.4) is 0 Å². The number of phenolic OH excluding ortho intramolecular Hbond substituents is 1. The van der Waals surface area contributed by atoms with Crippen LogP contribution in [0.1, 0.15) is 15.9 Å². The minimum absolute atomic E-state index is 0.152. The quantitative estimate of drug-likeness (QED) is 0.666. The standard InChI is InChI=1S/C17H15FN2O2S/c18-23-14-4-1-11(2-5-14)17(22)19-8-7-12-10-20-16-6-3-13(21)9-15(12)16/h1-6,9-10,20-21H,7-8H2,(H,19,22). The summed E-state index contributed by atoms with van der Waals surface area (Å²) in [5.41, 5.74) is 2.48. The molecular formula is C17H15FN2O2S. The number of halogens is 1. The van der Waals surface area contributed by atoms with Gasteiger partial charge in [-0.1, -0.05) is 0 Å². The highest BCUT2D eigenvalue weighted by Crippen LogP contribution is 2.23. The molecule has 3 N–H and O–H groups in total. The molecule has 3 rings (SSSR count). The molecule has 4 nitrogen and oxygen atoms in total. The molecule has 1 heterocycles. The van der Waals surface area contributed by atoms with Crippen molar-refractivity contribution in [3.05, 3.63) is 59.8 Å². The zero-order chi connectivity index (χ0) is 16.2. The lowest BCUT2D eigenvalue weighted by Crippen LogP contribution is -2.25. The van der Waals surface area contributed by atoms with E-state index in [2.05, 4.69) is 10.3 Å². The average molecular weight is 330 g/mol. The van der Waals surface area contributed by atoms with Gasteiger partial charge in [-0.3, -0.25) is 4.79 Å². The van der Waals surface area contributed by atoms with Crippen LogP contribution in [0.4, 0.5) is 3.89 Å². The molecule has 1 amide bonds. The summed E-state index contributed by atoms with van der Waals surface area (Å²) in [6, 6.07) is 11.5. The van der Waals surface area contributed by atoms with Gasteiger partial charge in [-0.15, -0.1) is 0 Å². The lowest BCUT2D eigenvalue weighted by atomic mass is 10.1. The molecule has 3 aromatic rings. The van der Waals surface area contributed by atoms with E-state index in [4.69, 9.17) is 0 Å². The Morgan fingerprint density at radius 3 is 2.74 bits per heavy atom. The fourth-order valence-electron chi connectivity index (χ4n) is 2.44. The molecule has 1 aromatic heterocycles. The molecule has 0 aliphatic carbocycles. The molecule has 0 saturated heterocycles. The smallest absolute Gasteiger partial charge is 0.251 e. The summed E-state index contributed by atoms with van der Waals surface area (Å²) < 4.78 is 12.4. The average Bonchev–Trinajstić information content (AvgIpc) is 2.97. The topological polar surface area (TPSA) is 65.1 Å². The van der Waals surface area contributed by atoms with E-state index in [-0.39, 0.29) is 23.8 Å². The Bertz CT molecular complexity index is 830. The van der Waals surface area contributed by atoms with Crippen molar-refractivity contribution in [1.29, 1.82) is 0 Å². The molecule has 0 saturated carbocycles. The van der Waals surface area contributed by atoms with Crippen molar-refractivity contribution in [2.45, 2.75) is 11.3 Å². The zero-order valence-electron chi connectivity index (χ0n) is 12.2. The maximum absolute atomic E-state index is 12.4. The van der Waals surface area contributed by atoms with E-state index in [1.54, 1.807) is 36.4 Å². The number of aromatic nitrogens is 1. The van der Waals surface area contributed by atoms with E-state index in [0.717, 1.165) is 16.5 Å². The van der Waals surface area contributed by atoms with Gasteiger partial charge in [0.1, 0.15) is 5.75 Å². The lowest BCUT2D eigenvalue weighted by Gasteiger charge is -2.05. The van der Waals surface area contributed by atoms with Crippen molar-refractivity contribution in [1.82, 2.24) is 10.3 Å². The van der Waals surface area contributed by atoms with Crippen molar-refractivity contribution in [2.24, 2.45) is 0 Å². The summed E-state index contributed by atoms with van der Waals surface area (Å²) in [6.45, 7) is 0.473. The third kappa shape index (κ3) is 3.48. The number of carbonyl (C=O) groups is 1. The van der Waals surface area contributed by atoms with Crippen molar-refractivity contribution in [2.75, 3.05) is 6.54 Å².